The molecule has 0 spiro atoms. The molecule has 0 radical (unpaired) electrons. The number of rotatable bonds is 4. The quantitative estimate of drug-likeness (QED) is 0.694. The Hall–Kier alpha value is -0.410. The molecule has 14 heavy (non-hydrogen) atoms. The Morgan fingerprint density at radius 3 is 2.50 bits per heavy atom. The van der Waals surface area contributed by atoms with E-state index in [-0.39, 0.29) is 23.4 Å². The number of ketones is 1. The first kappa shape index (κ1) is 11.7. The Bertz CT molecular complexity index is 205. The largest absolute Gasteiger partial charge is 0.375 e. The molecule has 1 aliphatic rings. The van der Waals surface area contributed by atoms with Crippen molar-refractivity contribution in [1.82, 2.24) is 0 Å². The molecule has 3 heteroatoms. The average Bonchev–Trinajstić information content (AvgIpc) is 2.01. The lowest BCUT2D eigenvalue weighted by Crippen LogP contribution is -2.50. The van der Waals surface area contributed by atoms with E-state index in [4.69, 9.17) is 9.47 Å². The van der Waals surface area contributed by atoms with Crippen molar-refractivity contribution < 1.29 is 14.3 Å². The number of hydrogen-bond donors (Lipinski definition) is 0. The lowest BCUT2D eigenvalue weighted by molar-refractivity contribution is -0.162. The van der Waals surface area contributed by atoms with Gasteiger partial charge in [-0.1, -0.05) is 20.8 Å². The predicted octanol–water partition coefficient (Wildman–Crippen LogP) is 1.80. The van der Waals surface area contributed by atoms with Crippen LogP contribution >= 0.6 is 0 Å². The van der Waals surface area contributed by atoms with E-state index in [9.17, 15) is 4.79 Å². The highest BCUT2D eigenvalue weighted by Gasteiger charge is 2.40. The number of carbonyl (C=O) groups excluding carboxylic acids is 1. The SMILES string of the molecule is COC1C(=O)CC1OCCC(C)(C)C. The lowest BCUT2D eigenvalue weighted by atomic mass is 9.89. The van der Waals surface area contributed by atoms with E-state index in [2.05, 4.69) is 20.8 Å². The fourth-order valence-electron chi connectivity index (χ4n) is 1.41. The molecule has 2 atom stereocenters. The minimum absolute atomic E-state index is 0.00477. The van der Waals surface area contributed by atoms with Crippen molar-refractivity contribution >= 4 is 5.78 Å². The highest BCUT2D eigenvalue weighted by Crippen LogP contribution is 2.24. The van der Waals surface area contributed by atoms with Gasteiger partial charge in [-0.05, 0) is 11.8 Å². The Kier molecular flexibility index (Phi) is 3.67. The van der Waals surface area contributed by atoms with Crippen molar-refractivity contribution in [1.29, 1.82) is 0 Å². The van der Waals surface area contributed by atoms with Gasteiger partial charge in [-0.25, -0.2) is 0 Å². The molecule has 1 fully saturated rings. The van der Waals surface area contributed by atoms with Gasteiger partial charge < -0.3 is 9.47 Å². The summed E-state index contributed by atoms with van der Waals surface area (Å²) >= 11 is 0. The molecular formula is C11H20O3. The summed E-state index contributed by atoms with van der Waals surface area (Å²) in [5, 5.41) is 0. The van der Waals surface area contributed by atoms with E-state index in [1.807, 2.05) is 0 Å². The number of ether oxygens (including phenoxy) is 2. The van der Waals surface area contributed by atoms with Crippen LogP contribution < -0.4 is 0 Å². The van der Waals surface area contributed by atoms with Crippen molar-refractivity contribution in [2.45, 2.75) is 45.8 Å². The molecule has 82 valence electrons. The summed E-state index contributed by atoms with van der Waals surface area (Å²) in [4.78, 5) is 11.0. The Morgan fingerprint density at radius 1 is 1.43 bits per heavy atom. The van der Waals surface area contributed by atoms with Crippen LogP contribution in [0.3, 0.4) is 0 Å². The van der Waals surface area contributed by atoms with E-state index in [1.165, 1.54) is 0 Å². The zero-order valence-corrected chi connectivity index (χ0v) is 9.50. The van der Waals surface area contributed by atoms with Gasteiger partial charge >= 0.3 is 0 Å². The molecular weight excluding hydrogens is 180 g/mol. The number of carbonyl (C=O) groups is 1. The first-order chi connectivity index (χ1) is 6.44. The first-order valence-electron chi connectivity index (χ1n) is 5.11. The molecule has 0 saturated heterocycles. The summed E-state index contributed by atoms with van der Waals surface area (Å²) < 4.78 is 10.6. The molecule has 1 saturated carbocycles. The molecule has 2 unspecified atom stereocenters. The van der Waals surface area contributed by atoms with Gasteiger partial charge in [0.15, 0.2) is 5.78 Å². The predicted molar refractivity (Wildman–Crippen MR) is 54.2 cm³/mol. The smallest absolute Gasteiger partial charge is 0.166 e. The topological polar surface area (TPSA) is 35.5 Å². The van der Waals surface area contributed by atoms with Crippen LogP contribution in [-0.4, -0.2) is 31.7 Å². The van der Waals surface area contributed by atoms with Crippen LogP contribution in [0, 0.1) is 5.41 Å². The second-order valence-electron chi connectivity index (χ2n) is 5.05. The van der Waals surface area contributed by atoms with Gasteiger partial charge in [-0.15, -0.1) is 0 Å². The van der Waals surface area contributed by atoms with Gasteiger partial charge in [0, 0.05) is 20.1 Å². The third-order valence-electron chi connectivity index (χ3n) is 2.50. The molecule has 1 rings (SSSR count). The fourth-order valence-corrected chi connectivity index (χ4v) is 1.41. The summed E-state index contributed by atoms with van der Waals surface area (Å²) in [5.41, 5.74) is 0.288. The summed E-state index contributed by atoms with van der Waals surface area (Å²) in [6.45, 7) is 7.24. The molecule has 3 nitrogen and oxygen atoms in total. The van der Waals surface area contributed by atoms with Gasteiger partial charge in [0.2, 0.25) is 0 Å². The summed E-state index contributed by atoms with van der Waals surface area (Å²) in [6, 6.07) is 0. The normalized spacial score (nSPS) is 27.6. The van der Waals surface area contributed by atoms with Crippen LogP contribution in [0.25, 0.3) is 0 Å². The second kappa shape index (κ2) is 4.41. The van der Waals surface area contributed by atoms with Crippen molar-refractivity contribution in [3.8, 4) is 0 Å². The zero-order valence-electron chi connectivity index (χ0n) is 9.50. The van der Waals surface area contributed by atoms with E-state index < -0.39 is 0 Å². The molecule has 0 aromatic heterocycles. The Balaban J connectivity index is 2.17. The average molecular weight is 200 g/mol. The van der Waals surface area contributed by atoms with Crippen LogP contribution in [0.5, 0.6) is 0 Å². The highest BCUT2D eigenvalue weighted by atomic mass is 16.5. The minimum atomic E-state index is -0.310. The van der Waals surface area contributed by atoms with Gasteiger partial charge in [-0.2, -0.15) is 0 Å². The fraction of sp³-hybridized carbons (Fsp3) is 0.909. The van der Waals surface area contributed by atoms with E-state index in [0.29, 0.717) is 13.0 Å². The van der Waals surface area contributed by atoms with Gasteiger partial charge in [-0.3, -0.25) is 4.79 Å². The number of Topliss-reactive ketones (excluding diaryl/α,β-unsaturated/α-hetero) is 1. The first-order valence-corrected chi connectivity index (χ1v) is 5.11. The molecule has 0 aromatic rings. The van der Waals surface area contributed by atoms with E-state index in [0.717, 1.165) is 6.42 Å². The van der Waals surface area contributed by atoms with Crippen LogP contribution in [0.1, 0.15) is 33.6 Å². The van der Waals surface area contributed by atoms with E-state index in [1.54, 1.807) is 7.11 Å². The van der Waals surface area contributed by atoms with Crippen LogP contribution in [0.15, 0.2) is 0 Å². The maximum atomic E-state index is 11.0. The standard InChI is InChI=1S/C11H20O3/c1-11(2,3)5-6-14-9-7-8(12)10(9)13-4/h9-10H,5-7H2,1-4H3. The van der Waals surface area contributed by atoms with Crippen molar-refractivity contribution in [2.75, 3.05) is 13.7 Å². The van der Waals surface area contributed by atoms with Crippen LogP contribution in [0.2, 0.25) is 0 Å². The maximum absolute atomic E-state index is 11.0. The van der Waals surface area contributed by atoms with Crippen LogP contribution in [0.4, 0.5) is 0 Å². The summed E-state index contributed by atoms with van der Waals surface area (Å²) in [7, 11) is 1.56. The molecule has 1 aliphatic carbocycles. The third-order valence-corrected chi connectivity index (χ3v) is 2.50. The minimum Gasteiger partial charge on any atom is -0.375 e. The molecule has 0 aliphatic heterocycles. The number of hydrogen-bond acceptors (Lipinski definition) is 3. The second-order valence-corrected chi connectivity index (χ2v) is 5.05. The molecule has 0 amide bonds. The monoisotopic (exact) mass is 200 g/mol. The van der Waals surface area contributed by atoms with Gasteiger partial charge in [0.25, 0.3) is 0 Å². The van der Waals surface area contributed by atoms with Crippen molar-refractivity contribution in [3.63, 3.8) is 0 Å². The molecule has 0 N–H and O–H groups in total. The Labute approximate surface area is 85.8 Å². The van der Waals surface area contributed by atoms with E-state index >= 15 is 0 Å². The molecule has 0 heterocycles. The van der Waals surface area contributed by atoms with Crippen molar-refractivity contribution in [3.05, 3.63) is 0 Å². The summed E-state index contributed by atoms with van der Waals surface area (Å²) in [5.74, 6) is 0.160. The van der Waals surface area contributed by atoms with Crippen molar-refractivity contribution in [2.24, 2.45) is 5.41 Å². The van der Waals surface area contributed by atoms with Gasteiger partial charge in [0.1, 0.15) is 6.10 Å². The lowest BCUT2D eigenvalue weighted by Gasteiger charge is -2.34. The van der Waals surface area contributed by atoms with Gasteiger partial charge in [0.05, 0.1) is 6.10 Å². The summed E-state index contributed by atoms with van der Waals surface area (Å²) in [6.07, 6.45) is 1.21. The Morgan fingerprint density at radius 2 is 2.07 bits per heavy atom. The molecule has 0 bridgehead atoms. The maximum Gasteiger partial charge on any atom is 0.166 e. The highest BCUT2D eigenvalue weighted by molar-refractivity contribution is 5.90. The zero-order chi connectivity index (χ0) is 10.8. The number of methoxy groups -OCH3 is 1. The van der Waals surface area contributed by atoms with Crippen LogP contribution in [-0.2, 0) is 14.3 Å². The third kappa shape index (κ3) is 3.07. The molecule has 0 aromatic carbocycles.